The minimum Gasteiger partial charge on any atom is -0.478 e. The zero-order chi connectivity index (χ0) is 21.7. The van der Waals surface area contributed by atoms with Gasteiger partial charge in [0.15, 0.2) is 0 Å². The quantitative estimate of drug-likeness (QED) is 0.667. The maximum atomic E-state index is 13.0. The minimum atomic E-state index is -3.83. The van der Waals surface area contributed by atoms with E-state index in [0.717, 1.165) is 5.56 Å². The predicted molar refractivity (Wildman–Crippen MR) is 115 cm³/mol. The number of nitrogens with zero attached hydrogens (tertiary/aromatic N) is 2. The van der Waals surface area contributed by atoms with Crippen LogP contribution in [-0.4, -0.2) is 43.3 Å². The average molecular weight is 472 g/mol. The molecule has 1 fully saturated rings. The normalized spacial score (nSPS) is 15.7. The van der Waals surface area contributed by atoms with Crippen molar-refractivity contribution in [2.45, 2.75) is 31.2 Å². The van der Waals surface area contributed by atoms with Crippen molar-refractivity contribution in [3.8, 4) is 5.88 Å². The summed E-state index contributed by atoms with van der Waals surface area (Å²) in [7, 11) is -3.83. The fraction of sp³-hybridized carbons (Fsp3) is 0.400. The molecule has 1 aromatic heterocycles. The van der Waals surface area contributed by atoms with Gasteiger partial charge in [-0.15, -0.1) is 0 Å². The van der Waals surface area contributed by atoms with Gasteiger partial charge < -0.3 is 10.1 Å². The molecule has 0 aliphatic carbocycles. The third-order valence-corrected chi connectivity index (χ3v) is 7.78. The van der Waals surface area contributed by atoms with E-state index in [0.29, 0.717) is 31.9 Å². The monoisotopic (exact) mass is 471 g/mol. The van der Waals surface area contributed by atoms with Crippen LogP contribution in [0, 0.1) is 5.92 Å². The van der Waals surface area contributed by atoms with Crippen LogP contribution in [0.4, 0.5) is 0 Å². The van der Waals surface area contributed by atoms with Crippen LogP contribution in [0.2, 0.25) is 10.0 Å². The van der Waals surface area contributed by atoms with Crippen molar-refractivity contribution in [1.82, 2.24) is 14.6 Å². The molecule has 0 bridgehead atoms. The van der Waals surface area contributed by atoms with E-state index in [1.165, 1.54) is 16.4 Å². The Morgan fingerprint density at radius 2 is 1.87 bits per heavy atom. The molecule has 0 atom stereocenters. The summed E-state index contributed by atoms with van der Waals surface area (Å²) in [5.41, 5.74) is 0.793. The molecule has 1 saturated heterocycles. The summed E-state index contributed by atoms with van der Waals surface area (Å²) in [5, 5.41) is 3.08. The smallest absolute Gasteiger partial charge is 0.246 e. The Balaban J connectivity index is 1.60. The maximum absolute atomic E-state index is 13.0. The van der Waals surface area contributed by atoms with Crippen LogP contribution < -0.4 is 10.1 Å². The molecule has 0 radical (unpaired) electrons. The Hall–Kier alpha value is -1.87. The number of benzene rings is 1. The third kappa shape index (κ3) is 5.06. The number of aromatic nitrogens is 1. The van der Waals surface area contributed by atoms with Crippen LogP contribution in [0.25, 0.3) is 0 Å². The molecule has 1 N–H and O–H groups in total. The molecule has 0 saturated carbocycles. The van der Waals surface area contributed by atoms with Gasteiger partial charge in [0, 0.05) is 37.3 Å². The summed E-state index contributed by atoms with van der Waals surface area (Å²) in [6, 6.07) is 8.22. The number of halogens is 2. The number of piperidine rings is 1. The van der Waals surface area contributed by atoms with E-state index in [1.807, 2.05) is 13.0 Å². The number of hydrogen-bond donors (Lipinski definition) is 1. The lowest BCUT2D eigenvalue weighted by Gasteiger charge is -2.31. The number of sulfonamides is 1. The minimum absolute atomic E-state index is 0.0868. The van der Waals surface area contributed by atoms with Crippen LogP contribution in [0.5, 0.6) is 5.88 Å². The fourth-order valence-corrected chi connectivity index (χ4v) is 5.93. The van der Waals surface area contributed by atoms with Crippen LogP contribution in [0.15, 0.2) is 41.4 Å². The summed E-state index contributed by atoms with van der Waals surface area (Å²) < 4.78 is 32.7. The van der Waals surface area contributed by atoms with Gasteiger partial charge in [-0.05, 0) is 38.0 Å². The lowest BCUT2D eigenvalue weighted by molar-refractivity contribution is -0.126. The van der Waals surface area contributed by atoms with Crippen molar-refractivity contribution in [3.05, 3.63) is 52.1 Å². The van der Waals surface area contributed by atoms with E-state index < -0.39 is 10.0 Å². The zero-order valence-corrected chi connectivity index (χ0v) is 18.8. The second kappa shape index (κ2) is 9.96. The summed E-state index contributed by atoms with van der Waals surface area (Å²) in [4.78, 5) is 16.7. The summed E-state index contributed by atoms with van der Waals surface area (Å²) in [6.07, 6.45) is 2.47. The van der Waals surface area contributed by atoms with Gasteiger partial charge in [-0.25, -0.2) is 13.4 Å². The number of nitrogens with one attached hydrogen (secondary N) is 1. The molecule has 30 heavy (non-hydrogen) atoms. The van der Waals surface area contributed by atoms with Gasteiger partial charge >= 0.3 is 0 Å². The number of carbonyl (C=O) groups is 1. The second-order valence-corrected chi connectivity index (χ2v) is 9.54. The van der Waals surface area contributed by atoms with Gasteiger partial charge in [-0.3, -0.25) is 4.79 Å². The second-order valence-electron chi connectivity index (χ2n) is 6.85. The highest BCUT2D eigenvalue weighted by Crippen LogP contribution is 2.33. The molecule has 3 rings (SSSR count). The SMILES string of the molecule is CCOc1ncccc1CNC(=O)C1CCN(S(=O)(=O)c2c(Cl)cccc2Cl)CC1. The van der Waals surface area contributed by atoms with Gasteiger partial charge in [-0.2, -0.15) is 4.31 Å². The van der Waals surface area contributed by atoms with E-state index in [9.17, 15) is 13.2 Å². The Morgan fingerprint density at radius 1 is 1.20 bits per heavy atom. The van der Waals surface area contributed by atoms with Crippen molar-refractivity contribution in [1.29, 1.82) is 0 Å². The van der Waals surface area contributed by atoms with Crippen LogP contribution in [0.3, 0.4) is 0 Å². The lowest BCUT2D eigenvalue weighted by Crippen LogP contribution is -2.43. The predicted octanol–water partition coefficient (Wildman–Crippen LogP) is 3.50. The summed E-state index contributed by atoms with van der Waals surface area (Å²) in [5.74, 6) is 0.109. The molecule has 1 aliphatic heterocycles. The maximum Gasteiger partial charge on any atom is 0.246 e. The first-order valence-corrected chi connectivity index (χ1v) is 11.8. The first kappa shape index (κ1) is 22.8. The molecular formula is C20H23Cl2N3O4S. The molecule has 2 heterocycles. The molecule has 0 unspecified atom stereocenters. The topological polar surface area (TPSA) is 88.6 Å². The highest BCUT2D eigenvalue weighted by atomic mass is 35.5. The van der Waals surface area contributed by atoms with E-state index in [4.69, 9.17) is 27.9 Å². The van der Waals surface area contributed by atoms with Crippen LogP contribution in [0.1, 0.15) is 25.3 Å². The molecule has 7 nitrogen and oxygen atoms in total. The largest absolute Gasteiger partial charge is 0.478 e. The average Bonchev–Trinajstić information content (AvgIpc) is 2.73. The third-order valence-electron chi connectivity index (χ3n) is 4.93. The number of carbonyl (C=O) groups excluding carboxylic acids is 1. The first-order valence-electron chi connectivity index (χ1n) is 9.63. The van der Waals surface area contributed by atoms with Crippen LogP contribution in [-0.2, 0) is 21.4 Å². The standard InChI is InChI=1S/C20H23Cl2N3O4S/c1-2-29-20-15(5-4-10-23-20)13-24-19(26)14-8-11-25(12-9-14)30(27,28)18-16(21)6-3-7-17(18)22/h3-7,10,14H,2,8-9,11-13H2,1H3,(H,24,26). The molecule has 10 heteroatoms. The summed E-state index contributed by atoms with van der Waals surface area (Å²) in [6.45, 7) is 3.10. The lowest BCUT2D eigenvalue weighted by atomic mass is 9.97. The van der Waals surface area contributed by atoms with Crippen molar-refractivity contribution >= 4 is 39.1 Å². The number of ether oxygens (including phenoxy) is 1. The Morgan fingerprint density at radius 3 is 2.50 bits per heavy atom. The summed E-state index contributed by atoms with van der Waals surface area (Å²) >= 11 is 12.2. The van der Waals surface area contributed by atoms with E-state index in [2.05, 4.69) is 10.3 Å². The van der Waals surface area contributed by atoms with E-state index in [-0.39, 0.29) is 39.9 Å². The Kier molecular flexibility index (Phi) is 7.57. The van der Waals surface area contributed by atoms with Gasteiger partial charge in [0.1, 0.15) is 4.90 Å². The van der Waals surface area contributed by atoms with E-state index >= 15 is 0 Å². The number of hydrogen-bond acceptors (Lipinski definition) is 5. The van der Waals surface area contributed by atoms with Crippen molar-refractivity contribution in [2.24, 2.45) is 5.92 Å². The number of amides is 1. The number of pyridine rings is 1. The van der Waals surface area contributed by atoms with Crippen molar-refractivity contribution in [3.63, 3.8) is 0 Å². The molecular weight excluding hydrogens is 449 g/mol. The van der Waals surface area contributed by atoms with Gasteiger partial charge in [0.2, 0.25) is 21.8 Å². The molecule has 2 aromatic rings. The Labute approximate surface area is 186 Å². The molecule has 1 amide bonds. The van der Waals surface area contributed by atoms with Gasteiger partial charge in [0.25, 0.3) is 0 Å². The van der Waals surface area contributed by atoms with Gasteiger partial charge in [0.05, 0.1) is 16.7 Å². The fourth-order valence-electron chi connectivity index (χ4n) is 3.37. The number of rotatable bonds is 7. The zero-order valence-electron chi connectivity index (χ0n) is 16.5. The van der Waals surface area contributed by atoms with Crippen molar-refractivity contribution in [2.75, 3.05) is 19.7 Å². The van der Waals surface area contributed by atoms with Gasteiger partial charge in [-0.1, -0.05) is 35.3 Å². The molecule has 1 aromatic carbocycles. The molecule has 1 aliphatic rings. The Bertz CT molecular complexity index is 989. The van der Waals surface area contributed by atoms with E-state index in [1.54, 1.807) is 18.3 Å². The highest BCUT2D eigenvalue weighted by Gasteiger charge is 2.34. The molecule has 162 valence electrons. The van der Waals surface area contributed by atoms with Crippen molar-refractivity contribution < 1.29 is 17.9 Å². The first-order chi connectivity index (χ1) is 14.3. The van der Waals surface area contributed by atoms with Crippen LogP contribution >= 0.6 is 23.2 Å². The molecule has 0 spiro atoms. The highest BCUT2D eigenvalue weighted by molar-refractivity contribution is 7.89.